The maximum absolute atomic E-state index is 13.1. The first-order valence-electron chi connectivity index (χ1n) is 5.56. The lowest BCUT2D eigenvalue weighted by Crippen LogP contribution is -2.16. The molecule has 2 rings (SSSR count). The first kappa shape index (κ1) is 12.4. The van der Waals surface area contributed by atoms with Gasteiger partial charge in [-0.15, -0.1) is 0 Å². The molecule has 0 saturated carbocycles. The Balaban J connectivity index is 2.18. The van der Waals surface area contributed by atoms with Crippen LogP contribution >= 0.6 is 0 Å². The van der Waals surface area contributed by atoms with Crippen LogP contribution in [0.4, 0.5) is 20.2 Å². The molecule has 2 N–H and O–H groups in total. The minimum absolute atomic E-state index is 0.415. The van der Waals surface area contributed by atoms with E-state index in [4.69, 9.17) is 5.73 Å². The zero-order valence-electron chi connectivity index (χ0n) is 10.0. The van der Waals surface area contributed by atoms with Gasteiger partial charge in [0.2, 0.25) is 0 Å². The maximum atomic E-state index is 13.1. The molecule has 0 saturated heterocycles. The predicted octanol–water partition coefficient (Wildman–Crippen LogP) is 3.18. The smallest absolute Gasteiger partial charge is 0.126 e. The quantitative estimate of drug-likeness (QED) is 0.845. The van der Waals surface area contributed by atoms with Crippen molar-refractivity contribution in [1.29, 1.82) is 0 Å². The van der Waals surface area contributed by atoms with Crippen molar-refractivity contribution in [2.75, 3.05) is 17.7 Å². The van der Waals surface area contributed by atoms with Crippen LogP contribution < -0.4 is 10.6 Å². The molecule has 0 aromatic heterocycles. The summed E-state index contributed by atoms with van der Waals surface area (Å²) in [7, 11) is 1.84. The van der Waals surface area contributed by atoms with Crippen LogP contribution in [0.15, 0.2) is 42.5 Å². The molecule has 0 amide bonds. The fourth-order valence-electron chi connectivity index (χ4n) is 1.83. The molecule has 2 nitrogen and oxygen atoms in total. The van der Waals surface area contributed by atoms with E-state index >= 15 is 0 Å². The molecular formula is C14H14F2N2. The second-order valence-corrected chi connectivity index (χ2v) is 4.23. The lowest BCUT2D eigenvalue weighted by Gasteiger charge is -2.19. The summed E-state index contributed by atoms with van der Waals surface area (Å²) in [5.41, 5.74) is 7.83. The third-order valence-electron chi connectivity index (χ3n) is 2.65. The number of rotatable bonds is 3. The Hall–Kier alpha value is -2.10. The van der Waals surface area contributed by atoms with Gasteiger partial charge >= 0.3 is 0 Å². The number of benzene rings is 2. The minimum atomic E-state index is -0.564. The molecule has 2 aromatic carbocycles. The summed E-state index contributed by atoms with van der Waals surface area (Å²) in [4.78, 5) is 1.88. The highest BCUT2D eigenvalue weighted by atomic mass is 19.1. The van der Waals surface area contributed by atoms with Crippen molar-refractivity contribution in [2.24, 2.45) is 0 Å². The van der Waals surface area contributed by atoms with Crippen LogP contribution in [-0.2, 0) is 6.54 Å². The number of nitrogens with two attached hydrogens (primary N) is 1. The normalized spacial score (nSPS) is 10.4. The van der Waals surface area contributed by atoms with Gasteiger partial charge in [0.05, 0.1) is 0 Å². The van der Waals surface area contributed by atoms with Gasteiger partial charge in [0.1, 0.15) is 11.6 Å². The van der Waals surface area contributed by atoms with Crippen LogP contribution in [-0.4, -0.2) is 7.05 Å². The molecule has 0 bridgehead atoms. The first-order chi connectivity index (χ1) is 8.54. The monoisotopic (exact) mass is 248 g/mol. The number of nitrogen functional groups attached to an aromatic ring is 1. The predicted molar refractivity (Wildman–Crippen MR) is 69.3 cm³/mol. The summed E-state index contributed by atoms with van der Waals surface area (Å²) in [5.74, 6) is -1.13. The molecule has 94 valence electrons. The van der Waals surface area contributed by atoms with Crippen molar-refractivity contribution in [2.45, 2.75) is 6.54 Å². The van der Waals surface area contributed by atoms with Gasteiger partial charge in [-0.05, 0) is 35.9 Å². The van der Waals surface area contributed by atoms with E-state index < -0.39 is 11.6 Å². The molecular weight excluding hydrogens is 234 g/mol. The van der Waals surface area contributed by atoms with Crippen LogP contribution in [0.2, 0.25) is 0 Å². The van der Waals surface area contributed by atoms with E-state index in [1.807, 2.05) is 30.1 Å². The van der Waals surface area contributed by atoms with Crippen molar-refractivity contribution in [1.82, 2.24) is 0 Å². The molecule has 18 heavy (non-hydrogen) atoms. The van der Waals surface area contributed by atoms with Gasteiger partial charge in [-0.1, -0.05) is 6.07 Å². The van der Waals surface area contributed by atoms with Crippen LogP contribution in [0.5, 0.6) is 0 Å². The second kappa shape index (κ2) is 5.04. The lowest BCUT2D eigenvalue weighted by molar-refractivity contribution is 0.579. The Labute approximate surface area is 105 Å². The van der Waals surface area contributed by atoms with Crippen LogP contribution in [0.25, 0.3) is 0 Å². The topological polar surface area (TPSA) is 29.3 Å². The summed E-state index contributed by atoms with van der Waals surface area (Å²) in [5, 5.41) is 0. The Morgan fingerprint density at radius 3 is 2.33 bits per heavy atom. The number of hydrogen-bond donors (Lipinski definition) is 1. The number of halogens is 2. The van der Waals surface area contributed by atoms with E-state index in [0.29, 0.717) is 17.8 Å². The Morgan fingerprint density at radius 1 is 1.06 bits per heavy atom. The molecule has 0 unspecified atom stereocenters. The van der Waals surface area contributed by atoms with E-state index in [-0.39, 0.29) is 0 Å². The Kier molecular flexibility index (Phi) is 3.46. The second-order valence-electron chi connectivity index (χ2n) is 4.23. The molecule has 2 aromatic rings. The lowest BCUT2D eigenvalue weighted by atomic mass is 10.2. The molecule has 0 fully saturated rings. The molecule has 0 heterocycles. The Morgan fingerprint density at radius 2 is 1.72 bits per heavy atom. The molecule has 0 atom stereocenters. The van der Waals surface area contributed by atoms with E-state index in [1.165, 1.54) is 12.1 Å². The van der Waals surface area contributed by atoms with Crippen molar-refractivity contribution in [3.63, 3.8) is 0 Å². The van der Waals surface area contributed by atoms with Crippen LogP contribution in [0, 0.1) is 11.6 Å². The minimum Gasteiger partial charge on any atom is -0.399 e. The summed E-state index contributed by atoms with van der Waals surface area (Å²) in [6, 6.07) is 10.9. The molecule has 0 radical (unpaired) electrons. The third-order valence-corrected chi connectivity index (χ3v) is 2.65. The van der Waals surface area contributed by atoms with E-state index in [9.17, 15) is 8.78 Å². The van der Waals surface area contributed by atoms with Gasteiger partial charge < -0.3 is 10.6 Å². The number of anilines is 2. The summed E-state index contributed by atoms with van der Waals surface area (Å²) < 4.78 is 26.1. The third kappa shape index (κ3) is 2.97. The van der Waals surface area contributed by atoms with E-state index in [2.05, 4.69) is 0 Å². The number of nitrogens with zero attached hydrogens (tertiary/aromatic N) is 1. The molecule has 0 aliphatic carbocycles. The highest BCUT2D eigenvalue weighted by Crippen LogP contribution is 2.19. The largest absolute Gasteiger partial charge is 0.399 e. The van der Waals surface area contributed by atoms with Crippen LogP contribution in [0.3, 0.4) is 0 Å². The summed E-state index contributed by atoms with van der Waals surface area (Å²) in [6.07, 6.45) is 0. The average molecular weight is 248 g/mol. The standard InChI is InChI=1S/C14H14F2N2/c1-18(14-4-2-3-13(17)8-14)9-10-5-11(15)7-12(16)6-10/h2-8H,9,17H2,1H3. The van der Waals surface area contributed by atoms with Gasteiger partial charge in [0.15, 0.2) is 0 Å². The summed E-state index contributed by atoms with van der Waals surface area (Å²) in [6.45, 7) is 0.415. The fraction of sp³-hybridized carbons (Fsp3) is 0.143. The summed E-state index contributed by atoms with van der Waals surface area (Å²) >= 11 is 0. The van der Waals surface area contributed by atoms with Gasteiger partial charge in [-0.25, -0.2) is 8.78 Å². The van der Waals surface area contributed by atoms with Crippen molar-refractivity contribution >= 4 is 11.4 Å². The molecule has 0 aliphatic heterocycles. The van der Waals surface area contributed by atoms with Gasteiger partial charge in [-0.3, -0.25) is 0 Å². The van der Waals surface area contributed by atoms with Crippen molar-refractivity contribution in [3.8, 4) is 0 Å². The highest BCUT2D eigenvalue weighted by molar-refractivity contribution is 5.55. The van der Waals surface area contributed by atoms with E-state index in [1.54, 1.807) is 6.07 Å². The molecule has 0 aliphatic rings. The van der Waals surface area contributed by atoms with Gasteiger partial charge in [0, 0.05) is 31.0 Å². The fourth-order valence-corrected chi connectivity index (χ4v) is 1.83. The van der Waals surface area contributed by atoms with Gasteiger partial charge in [-0.2, -0.15) is 0 Å². The molecule has 0 spiro atoms. The maximum Gasteiger partial charge on any atom is 0.126 e. The Bertz CT molecular complexity index is 535. The SMILES string of the molecule is CN(Cc1cc(F)cc(F)c1)c1cccc(N)c1. The highest BCUT2D eigenvalue weighted by Gasteiger charge is 2.05. The van der Waals surface area contributed by atoms with Crippen molar-refractivity contribution < 1.29 is 8.78 Å². The van der Waals surface area contributed by atoms with Crippen molar-refractivity contribution in [3.05, 3.63) is 59.7 Å². The van der Waals surface area contributed by atoms with E-state index in [0.717, 1.165) is 11.8 Å². The average Bonchev–Trinajstić information content (AvgIpc) is 2.27. The number of hydrogen-bond acceptors (Lipinski definition) is 2. The van der Waals surface area contributed by atoms with Crippen LogP contribution in [0.1, 0.15) is 5.56 Å². The zero-order valence-corrected chi connectivity index (χ0v) is 10.0. The molecule has 4 heteroatoms. The van der Waals surface area contributed by atoms with Gasteiger partial charge in [0.25, 0.3) is 0 Å². The first-order valence-corrected chi connectivity index (χ1v) is 5.56. The zero-order chi connectivity index (χ0) is 13.1.